The first-order valence-corrected chi connectivity index (χ1v) is 6.34. The molecular formula is C12H12BrF2NO. The molecule has 0 radical (unpaired) electrons. The Hall–Kier alpha value is -0.970. The van der Waals surface area contributed by atoms with Crippen LogP contribution in [0.1, 0.15) is 28.8 Å². The number of carbonyl (C=O) groups is 1. The number of aryl methyl sites for hydroxylation is 1. The third-order valence-corrected chi connectivity index (χ3v) is 3.72. The lowest BCUT2D eigenvalue weighted by molar-refractivity contribution is -0.116. The van der Waals surface area contributed by atoms with Crippen LogP contribution in [0.4, 0.5) is 14.5 Å². The normalized spacial score (nSPS) is 17.3. The van der Waals surface area contributed by atoms with Crippen molar-refractivity contribution in [2.24, 2.45) is 0 Å². The minimum atomic E-state index is -2.44. The Morgan fingerprint density at radius 3 is 2.76 bits per heavy atom. The van der Waals surface area contributed by atoms with E-state index in [1.165, 1.54) is 0 Å². The van der Waals surface area contributed by atoms with E-state index in [1.807, 2.05) is 0 Å². The van der Waals surface area contributed by atoms with Crippen LogP contribution in [0, 0.1) is 0 Å². The zero-order valence-electron chi connectivity index (χ0n) is 9.05. The van der Waals surface area contributed by atoms with Crippen molar-refractivity contribution in [3.8, 4) is 0 Å². The Morgan fingerprint density at radius 2 is 2.06 bits per heavy atom. The number of benzene rings is 1. The molecule has 0 bridgehead atoms. The summed E-state index contributed by atoms with van der Waals surface area (Å²) in [5.74, 6) is -0.0132. The Kier molecular flexibility index (Phi) is 3.76. The van der Waals surface area contributed by atoms with E-state index < -0.39 is 11.3 Å². The van der Waals surface area contributed by atoms with Gasteiger partial charge in [-0.15, -0.1) is 0 Å². The molecule has 1 atom stereocenters. The first-order chi connectivity index (χ1) is 8.08. The van der Waals surface area contributed by atoms with Gasteiger partial charge < -0.3 is 5.32 Å². The zero-order chi connectivity index (χ0) is 12.4. The van der Waals surface area contributed by atoms with Gasteiger partial charge in [0.25, 0.3) is 6.43 Å². The van der Waals surface area contributed by atoms with E-state index in [-0.39, 0.29) is 5.91 Å². The summed E-state index contributed by atoms with van der Waals surface area (Å²) < 4.78 is 25.1. The van der Waals surface area contributed by atoms with E-state index in [4.69, 9.17) is 0 Å². The summed E-state index contributed by atoms with van der Waals surface area (Å²) in [6.45, 7) is 0. The average molecular weight is 304 g/mol. The predicted molar refractivity (Wildman–Crippen MR) is 65.7 cm³/mol. The molecule has 2 nitrogen and oxygen atoms in total. The van der Waals surface area contributed by atoms with Gasteiger partial charge in [-0.2, -0.15) is 0 Å². The second kappa shape index (κ2) is 5.12. The van der Waals surface area contributed by atoms with Crippen molar-refractivity contribution in [2.45, 2.75) is 30.5 Å². The Morgan fingerprint density at radius 1 is 1.29 bits per heavy atom. The van der Waals surface area contributed by atoms with Crippen LogP contribution in [0.15, 0.2) is 18.2 Å². The standard InChI is InChI=1S/C12H12BrF2NO/c13-11(12(14)15)8-4-5-9-7(6-8)2-1-3-10(17)16-9/h4-6,11-12H,1-3H2,(H,16,17). The van der Waals surface area contributed by atoms with Crippen LogP contribution in [0.25, 0.3) is 0 Å². The van der Waals surface area contributed by atoms with Crippen LogP contribution in [-0.2, 0) is 11.2 Å². The molecule has 1 N–H and O–H groups in total. The molecule has 0 saturated heterocycles. The van der Waals surface area contributed by atoms with Crippen molar-refractivity contribution in [3.63, 3.8) is 0 Å². The molecule has 1 aliphatic rings. The minimum absolute atomic E-state index is 0.0132. The molecule has 0 fully saturated rings. The first-order valence-electron chi connectivity index (χ1n) is 5.43. The molecular weight excluding hydrogens is 292 g/mol. The molecule has 0 spiro atoms. The highest BCUT2D eigenvalue weighted by molar-refractivity contribution is 9.09. The fourth-order valence-corrected chi connectivity index (χ4v) is 2.20. The third kappa shape index (κ3) is 2.83. The fraction of sp³-hybridized carbons (Fsp3) is 0.417. The zero-order valence-corrected chi connectivity index (χ0v) is 10.6. The van der Waals surface area contributed by atoms with Crippen molar-refractivity contribution in [1.82, 2.24) is 0 Å². The van der Waals surface area contributed by atoms with E-state index in [1.54, 1.807) is 18.2 Å². The van der Waals surface area contributed by atoms with E-state index in [0.717, 1.165) is 24.1 Å². The molecule has 1 amide bonds. The maximum atomic E-state index is 12.6. The maximum absolute atomic E-state index is 12.6. The molecule has 5 heteroatoms. The van der Waals surface area contributed by atoms with Gasteiger partial charge in [-0.3, -0.25) is 4.79 Å². The Bertz CT molecular complexity index is 437. The predicted octanol–water partition coefficient (Wildman–Crippen LogP) is 3.66. The lowest BCUT2D eigenvalue weighted by Gasteiger charge is -2.13. The number of anilines is 1. The highest BCUT2D eigenvalue weighted by atomic mass is 79.9. The number of halogens is 3. The maximum Gasteiger partial charge on any atom is 0.255 e. The number of fused-ring (bicyclic) bond motifs is 1. The van der Waals surface area contributed by atoms with Crippen LogP contribution in [0.3, 0.4) is 0 Å². The molecule has 1 aromatic carbocycles. The average Bonchev–Trinajstić information content (AvgIpc) is 2.47. The van der Waals surface area contributed by atoms with Gasteiger partial charge in [0.15, 0.2) is 0 Å². The number of nitrogens with one attached hydrogen (secondary N) is 1. The van der Waals surface area contributed by atoms with Crippen molar-refractivity contribution in [3.05, 3.63) is 29.3 Å². The highest BCUT2D eigenvalue weighted by Crippen LogP contribution is 2.33. The lowest BCUT2D eigenvalue weighted by Crippen LogP contribution is -2.09. The second-order valence-corrected chi connectivity index (χ2v) is 5.04. The van der Waals surface area contributed by atoms with Crippen LogP contribution >= 0.6 is 15.9 Å². The van der Waals surface area contributed by atoms with Crippen LogP contribution < -0.4 is 5.32 Å². The van der Waals surface area contributed by atoms with E-state index >= 15 is 0 Å². The van der Waals surface area contributed by atoms with Gasteiger partial charge in [-0.1, -0.05) is 28.1 Å². The number of rotatable bonds is 2. The van der Waals surface area contributed by atoms with Crippen molar-refractivity contribution in [1.29, 1.82) is 0 Å². The second-order valence-electron chi connectivity index (χ2n) is 4.05. The number of carbonyl (C=O) groups excluding carboxylic acids is 1. The van der Waals surface area contributed by atoms with Gasteiger partial charge in [0.2, 0.25) is 5.91 Å². The van der Waals surface area contributed by atoms with Gasteiger partial charge in [-0.25, -0.2) is 8.78 Å². The molecule has 1 heterocycles. The molecule has 0 aromatic heterocycles. The lowest BCUT2D eigenvalue weighted by atomic mass is 10.0. The summed E-state index contributed by atoms with van der Waals surface area (Å²) in [7, 11) is 0. The molecule has 92 valence electrons. The van der Waals surface area contributed by atoms with Crippen molar-refractivity contribution >= 4 is 27.5 Å². The summed E-state index contributed by atoms with van der Waals surface area (Å²) in [5, 5.41) is 2.78. The fourth-order valence-electron chi connectivity index (χ4n) is 1.91. The van der Waals surface area contributed by atoms with Crippen LogP contribution in [0.5, 0.6) is 0 Å². The van der Waals surface area contributed by atoms with Gasteiger partial charge in [-0.05, 0) is 30.0 Å². The Balaban J connectivity index is 2.30. The molecule has 0 saturated carbocycles. The molecule has 17 heavy (non-hydrogen) atoms. The van der Waals surface area contributed by atoms with E-state index in [2.05, 4.69) is 21.2 Å². The summed E-state index contributed by atoms with van der Waals surface area (Å²) in [4.78, 5) is 10.4. The summed E-state index contributed by atoms with van der Waals surface area (Å²) in [5.41, 5.74) is 2.22. The van der Waals surface area contributed by atoms with Gasteiger partial charge in [0.05, 0.1) is 0 Å². The molecule has 1 unspecified atom stereocenters. The Labute approximate surface area is 107 Å². The van der Waals surface area contributed by atoms with E-state index in [9.17, 15) is 13.6 Å². The summed E-state index contributed by atoms with van der Waals surface area (Å²) in [6.07, 6.45) is -0.459. The quantitative estimate of drug-likeness (QED) is 0.830. The minimum Gasteiger partial charge on any atom is -0.326 e. The van der Waals surface area contributed by atoms with Crippen LogP contribution in [0.2, 0.25) is 0 Å². The van der Waals surface area contributed by atoms with E-state index in [0.29, 0.717) is 12.0 Å². The van der Waals surface area contributed by atoms with Crippen molar-refractivity contribution < 1.29 is 13.6 Å². The summed E-state index contributed by atoms with van der Waals surface area (Å²) in [6, 6.07) is 5.06. The number of alkyl halides is 3. The monoisotopic (exact) mass is 303 g/mol. The van der Waals surface area contributed by atoms with Crippen LogP contribution in [-0.4, -0.2) is 12.3 Å². The smallest absolute Gasteiger partial charge is 0.255 e. The van der Waals surface area contributed by atoms with Gasteiger partial charge in [0.1, 0.15) is 4.83 Å². The largest absolute Gasteiger partial charge is 0.326 e. The number of amides is 1. The van der Waals surface area contributed by atoms with Gasteiger partial charge in [0, 0.05) is 12.1 Å². The summed E-state index contributed by atoms with van der Waals surface area (Å²) >= 11 is 2.97. The van der Waals surface area contributed by atoms with Gasteiger partial charge >= 0.3 is 0 Å². The molecule has 1 aliphatic heterocycles. The molecule has 1 aromatic rings. The van der Waals surface area contributed by atoms with Crippen molar-refractivity contribution in [2.75, 3.05) is 5.32 Å². The molecule has 2 rings (SSSR count). The number of hydrogen-bond acceptors (Lipinski definition) is 1. The topological polar surface area (TPSA) is 29.1 Å². The molecule has 0 aliphatic carbocycles. The first kappa shape index (κ1) is 12.5. The SMILES string of the molecule is O=C1CCCc2cc(C(Br)C(F)F)ccc2N1. The third-order valence-electron chi connectivity index (χ3n) is 2.79. The highest BCUT2D eigenvalue weighted by Gasteiger charge is 2.21. The number of hydrogen-bond donors (Lipinski definition) is 1.